The molecule has 0 bridgehead atoms. The van der Waals surface area contributed by atoms with Crippen LogP contribution < -0.4 is 22.1 Å². The number of rotatable bonds is 12. The first-order valence-electron chi connectivity index (χ1n) is 11.1. The number of hydrogen-bond acceptors (Lipinski definition) is 5. The lowest BCUT2D eigenvalue weighted by molar-refractivity contribution is 0.0808. The Hall–Kier alpha value is -0.110. The van der Waals surface area contributed by atoms with Gasteiger partial charge in [-0.25, -0.2) is 0 Å². The van der Waals surface area contributed by atoms with Crippen LogP contribution in [-0.4, -0.2) is 64.3 Å². The Balaban J connectivity index is 0. The van der Waals surface area contributed by atoms with Crippen molar-refractivity contribution in [3.8, 4) is 0 Å². The predicted octanol–water partition coefficient (Wildman–Crippen LogP) is 3.66. The van der Waals surface area contributed by atoms with Crippen molar-refractivity contribution < 1.29 is 0 Å². The van der Waals surface area contributed by atoms with Crippen molar-refractivity contribution in [2.45, 2.75) is 51.0 Å². The molecule has 5 nitrogen and oxygen atoms in total. The van der Waals surface area contributed by atoms with E-state index in [0.29, 0.717) is 24.5 Å². The van der Waals surface area contributed by atoms with Gasteiger partial charge in [0.15, 0.2) is 0 Å². The van der Waals surface area contributed by atoms with E-state index in [9.17, 15) is 0 Å². The van der Waals surface area contributed by atoms with E-state index in [1.165, 1.54) is 31.2 Å². The van der Waals surface area contributed by atoms with E-state index in [1.54, 1.807) is 0 Å². The van der Waals surface area contributed by atoms with Crippen molar-refractivity contribution in [1.82, 2.24) is 15.5 Å². The van der Waals surface area contributed by atoms with Gasteiger partial charge in [0.2, 0.25) is 0 Å². The molecule has 1 atom stereocenters. The Bertz CT molecular complexity index is 529. The molecule has 2 rings (SSSR count). The number of hydrogen-bond donors (Lipinski definition) is 4. The molecule has 184 valence electrons. The highest BCUT2D eigenvalue weighted by Gasteiger charge is 2.46. The van der Waals surface area contributed by atoms with Crippen LogP contribution in [0.3, 0.4) is 0 Å². The van der Waals surface area contributed by atoms with Gasteiger partial charge in [-0.3, -0.25) is 0 Å². The Morgan fingerprint density at radius 3 is 1.74 bits per heavy atom. The largest absolute Gasteiger partial charge is 0.329 e. The Labute approximate surface area is 208 Å². The first kappa shape index (κ1) is 33.1. The molecule has 0 aromatic heterocycles. The summed E-state index contributed by atoms with van der Waals surface area (Å²) < 4.78 is 0. The van der Waals surface area contributed by atoms with E-state index >= 15 is 0 Å². The second-order valence-corrected chi connectivity index (χ2v) is 9.14. The molecule has 0 amide bonds. The van der Waals surface area contributed by atoms with Gasteiger partial charge in [0, 0.05) is 55.7 Å². The molecular formula is C23H46Cl3N5. The summed E-state index contributed by atoms with van der Waals surface area (Å²) in [5.74, 6) is 0.733. The van der Waals surface area contributed by atoms with Crippen LogP contribution in [0.25, 0.3) is 0 Å². The summed E-state index contributed by atoms with van der Waals surface area (Å²) in [5.41, 5.74) is 12.4. The minimum absolute atomic E-state index is 0. The van der Waals surface area contributed by atoms with Gasteiger partial charge in [0.05, 0.1) is 0 Å². The lowest BCUT2D eigenvalue weighted by Gasteiger charge is -2.51. The topological polar surface area (TPSA) is 79.3 Å². The maximum Gasteiger partial charge on any atom is 0.0406 e. The molecule has 1 aliphatic carbocycles. The van der Waals surface area contributed by atoms with Crippen molar-refractivity contribution >= 4 is 36.4 Å². The molecule has 1 saturated carbocycles. The zero-order valence-corrected chi connectivity index (χ0v) is 22.2. The highest BCUT2D eigenvalue weighted by Crippen LogP contribution is 2.49. The average Bonchev–Trinajstić information content (AvgIpc) is 2.64. The molecule has 1 aromatic rings. The molecule has 0 radical (unpaired) electrons. The number of nitrogens with two attached hydrogens (primary N) is 2. The first-order chi connectivity index (χ1) is 13.9. The van der Waals surface area contributed by atoms with E-state index in [2.05, 4.69) is 55.6 Å². The van der Waals surface area contributed by atoms with Crippen LogP contribution in [0.5, 0.6) is 0 Å². The molecule has 1 aromatic carbocycles. The molecule has 0 spiro atoms. The van der Waals surface area contributed by atoms with Gasteiger partial charge < -0.3 is 27.0 Å². The number of nitrogens with one attached hydrogen (secondary N) is 2. The molecule has 1 unspecified atom stereocenters. The SMILES string of the molecule is CC(C)CC(N(C)C)C1(c2ccc(Cl)cc2)CCC1.Cl.Cl.NCCNCCNCCN. The van der Waals surface area contributed by atoms with Crippen LogP contribution in [0, 0.1) is 5.92 Å². The molecule has 0 saturated heterocycles. The minimum atomic E-state index is 0. The molecule has 6 N–H and O–H groups in total. The van der Waals surface area contributed by atoms with Crippen LogP contribution >= 0.6 is 36.4 Å². The lowest BCUT2D eigenvalue weighted by Crippen LogP contribution is -2.52. The molecule has 31 heavy (non-hydrogen) atoms. The fourth-order valence-electron chi connectivity index (χ4n) is 4.16. The third-order valence-corrected chi connectivity index (χ3v) is 5.99. The summed E-state index contributed by atoms with van der Waals surface area (Å²) in [6, 6.07) is 9.18. The monoisotopic (exact) mass is 497 g/mol. The quantitative estimate of drug-likeness (QED) is 0.331. The first-order valence-corrected chi connectivity index (χ1v) is 11.5. The highest BCUT2D eigenvalue weighted by molar-refractivity contribution is 6.30. The number of benzene rings is 1. The number of halogens is 3. The number of nitrogens with zero attached hydrogens (tertiary/aromatic N) is 1. The third kappa shape index (κ3) is 11.5. The van der Waals surface area contributed by atoms with E-state index < -0.39 is 0 Å². The van der Waals surface area contributed by atoms with Gasteiger partial charge in [-0.2, -0.15) is 0 Å². The second-order valence-electron chi connectivity index (χ2n) is 8.70. The molecule has 0 heterocycles. The normalized spacial score (nSPS) is 15.3. The standard InChI is InChI=1S/C17H26ClN.C6H18N4.2ClH/c1-13(2)12-16(19(3)4)17(10-5-11-17)14-6-8-15(18)9-7-14;7-1-3-9-5-6-10-4-2-8;;/h6-9,13,16H,5,10-12H2,1-4H3;9-10H,1-8H2;2*1H. The zero-order chi connectivity index (χ0) is 21.7. The summed E-state index contributed by atoms with van der Waals surface area (Å²) >= 11 is 6.04. The predicted molar refractivity (Wildman–Crippen MR) is 142 cm³/mol. The maximum absolute atomic E-state index is 6.04. The summed E-state index contributed by atoms with van der Waals surface area (Å²) in [6.07, 6.45) is 5.23. The van der Waals surface area contributed by atoms with Crippen molar-refractivity contribution in [2.75, 3.05) is 53.4 Å². The number of likely N-dealkylation sites (N-methyl/N-ethyl adjacent to an activating group) is 1. The lowest BCUT2D eigenvalue weighted by atomic mass is 9.58. The van der Waals surface area contributed by atoms with Crippen LogP contribution in [0.1, 0.15) is 45.1 Å². The smallest absolute Gasteiger partial charge is 0.0406 e. The average molecular weight is 499 g/mol. The van der Waals surface area contributed by atoms with E-state index in [4.69, 9.17) is 23.1 Å². The summed E-state index contributed by atoms with van der Waals surface area (Å²) in [5, 5.41) is 7.17. The maximum atomic E-state index is 6.04. The van der Waals surface area contributed by atoms with Crippen molar-refractivity contribution in [2.24, 2.45) is 17.4 Å². The third-order valence-electron chi connectivity index (χ3n) is 5.74. The second kappa shape index (κ2) is 18.3. The highest BCUT2D eigenvalue weighted by atomic mass is 35.5. The van der Waals surface area contributed by atoms with Gasteiger partial charge in [-0.1, -0.05) is 44.0 Å². The summed E-state index contributed by atoms with van der Waals surface area (Å²) in [4.78, 5) is 2.42. The molecule has 1 fully saturated rings. The molecule has 8 heteroatoms. The minimum Gasteiger partial charge on any atom is -0.329 e. The van der Waals surface area contributed by atoms with Gasteiger partial charge in [-0.15, -0.1) is 24.8 Å². The van der Waals surface area contributed by atoms with Gasteiger partial charge in [0.25, 0.3) is 0 Å². The van der Waals surface area contributed by atoms with Crippen molar-refractivity contribution in [3.05, 3.63) is 34.9 Å². The summed E-state index contributed by atoms with van der Waals surface area (Å²) in [7, 11) is 4.45. The Morgan fingerprint density at radius 1 is 0.935 bits per heavy atom. The molecule has 1 aliphatic rings. The van der Waals surface area contributed by atoms with E-state index in [-0.39, 0.29) is 24.8 Å². The fourth-order valence-corrected chi connectivity index (χ4v) is 4.29. The molecular weight excluding hydrogens is 453 g/mol. The Kier molecular flexibility index (Phi) is 19.6. The van der Waals surface area contributed by atoms with Crippen LogP contribution in [0.15, 0.2) is 24.3 Å². The van der Waals surface area contributed by atoms with Gasteiger partial charge in [-0.05, 0) is 57.0 Å². The Morgan fingerprint density at radius 2 is 1.42 bits per heavy atom. The summed E-state index contributed by atoms with van der Waals surface area (Å²) in [6.45, 7) is 9.78. The van der Waals surface area contributed by atoms with Gasteiger partial charge in [0.1, 0.15) is 0 Å². The van der Waals surface area contributed by atoms with Gasteiger partial charge >= 0.3 is 0 Å². The van der Waals surface area contributed by atoms with Crippen LogP contribution in [-0.2, 0) is 5.41 Å². The van der Waals surface area contributed by atoms with Crippen LogP contribution in [0.2, 0.25) is 5.02 Å². The van der Waals surface area contributed by atoms with Crippen LogP contribution in [0.4, 0.5) is 0 Å². The zero-order valence-electron chi connectivity index (χ0n) is 19.8. The van der Waals surface area contributed by atoms with Crippen molar-refractivity contribution in [1.29, 1.82) is 0 Å². The van der Waals surface area contributed by atoms with E-state index in [0.717, 1.165) is 37.1 Å². The molecule has 0 aliphatic heterocycles. The fraction of sp³-hybridized carbons (Fsp3) is 0.739. The van der Waals surface area contributed by atoms with E-state index in [1.807, 2.05) is 12.1 Å². The van der Waals surface area contributed by atoms with Crippen molar-refractivity contribution in [3.63, 3.8) is 0 Å².